The van der Waals surface area contributed by atoms with Crippen molar-refractivity contribution in [2.24, 2.45) is 7.05 Å². The summed E-state index contributed by atoms with van der Waals surface area (Å²) in [5, 5.41) is 4.73. The van der Waals surface area contributed by atoms with E-state index in [2.05, 4.69) is 25.9 Å². The van der Waals surface area contributed by atoms with Crippen molar-refractivity contribution < 1.29 is 0 Å². The second-order valence-electron chi connectivity index (χ2n) is 3.24. The molecule has 1 heterocycles. The summed E-state index contributed by atoms with van der Waals surface area (Å²) in [7, 11) is 1.83. The van der Waals surface area contributed by atoms with E-state index >= 15 is 0 Å². The number of rotatable bonds is 1. The molecule has 0 unspecified atom stereocenters. The normalized spacial score (nSPS) is 10.1. The van der Waals surface area contributed by atoms with Crippen LogP contribution in [0, 0.1) is 6.57 Å². The van der Waals surface area contributed by atoms with E-state index in [1.54, 1.807) is 29.1 Å². The van der Waals surface area contributed by atoms with Crippen LogP contribution < -0.4 is 0 Å². The average molecular weight is 297 g/mol. The molecule has 1 aromatic heterocycles. The van der Waals surface area contributed by atoms with Crippen LogP contribution in [0.5, 0.6) is 0 Å². The third-order valence-corrected chi connectivity index (χ3v) is 3.04. The Bertz CT molecular complexity index is 564. The minimum Gasteiger partial charge on any atom is -0.268 e. The zero-order valence-corrected chi connectivity index (χ0v) is 10.7. The number of halogens is 2. The van der Waals surface area contributed by atoms with Gasteiger partial charge in [0.05, 0.1) is 22.9 Å². The fraction of sp³-hybridized carbons (Fsp3) is 0.0909. The van der Waals surface area contributed by atoms with E-state index in [0.717, 1.165) is 15.7 Å². The van der Waals surface area contributed by atoms with E-state index in [1.165, 1.54) is 0 Å². The van der Waals surface area contributed by atoms with Gasteiger partial charge in [0.2, 0.25) is 0 Å². The molecule has 16 heavy (non-hydrogen) atoms. The van der Waals surface area contributed by atoms with Crippen molar-refractivity contribution in [2.75, 3.05) is 0 Å². The van der Waals surface area contributed by atoms with Gasteiger partial charge < -0.3 is 0 Å². The lowest BCUT2D eigenvalue weighted by Gasteiger charge is -2.06. The smallest absolute Gasteiger partial charge is 0.196 e. The Morgan fingerprint density at radius 1 is 1.50 bits per heavy atom. The van der Waals surface area contributed by atoms with Gasteiger partial charge in [0.15, 0.2) is 5.69 Å². The first-order valence-corrected chi connectivity index (χ1v) is 5.65. The summed E-state index contributed by atoms with van der Waals surface area (Å²) in [5.41, 5.74) is 2.21. The van der Waals surface area contributed by atoms with Gasteiger partial charge >= 0.3 is 0 Å². The lowest BCUT2D eigenvalue weighted by atomic mass is 10.1. The Morgan fingerprint density at radius 2 is 2.25 bits per heavy atom. The van der Waals surface area contributed by atoms with Crippen LogP contribution in [0.3, 0.4) is 0 Å². The topological polar surface area (TPSA) is 22.2 Å². The van der Waals surface area contributed by atoms with Gasteiger partial charge in [0.25, 0.3) is 0 Å². The molecule has 0 saturated heterocycles. The van der Waals surface area contributed by atoms with Crippen LogP contribution in [-0.2, 0) is 7.05 Å². The lowest BCUT2D eigenvalue weighted by molar-refractivity contribution is 0.776. The van der Waals surface area contributed by atoms with Crippen LogP contribution in [0.15, 0.2) is 28.9 Å². The van der Waals surface area contributed by atoms with Crippen LogP contribution in [0.25, 0.3) is 16.1 Å². The van der Waals surface area contributed by atoms with Crippen molar-refractivity contribution in [3.8, 4) is 11.3 Å². The number of aryl methyl sites for hydroxylation is 1. The summed E-state index contributed by atoms with van der Waals surface area (Å²) in [6, 6.07) is 5.20. The first-order chi connectivity index (χ1) is 7.63. The van der Waals surface area contributed by atoms with Crippen LogP contribution in [0.2, 0.25) is 5.02 Å². The molecule has 0 atom stereocenters. The molecule has 3 nitrogen and oxygen atoms in total. The minimum atomic E-state index is 0.564. The van der Waals surface area contributed by atoms with Crippen molar-refractivity contribution in [3.63, 3.8) is 0 Å². The maximum Gasteiger partial charge on any atom is 0.196 e. The maximum atomic E-state index is 7.14. The van der Waals surface area contributed by atoms with Crippen LogP contribution >= 0.6 is 27.5 Å². The molecule has 0 aliphatic heterocycles. The summed E-state index contributed by atoms with van der Waals surface area (Å²) in [5.74, 6) is 0. The maximum absolute atomic E-state index is 7.14. The highest BCUT2D eigenvalue weighted by atomic mass is 79.9. The van der Waals surface area contributed by atoms with E-state index in [9.17, 15) is 0 Å². The van der Waals surface area contributed by atoms with Crippen LogP contribution in [0.1, 0.15) is 0 Å². The number of nitrogens with zero attached hydrogens (tertiary/aromatic N) is 3. The third-order valence-electron chi connectivity index (χ3n) is 2.23. The molecule has 2 rings (SSSR count). The molecule has 0 saturated carbocycles. The van der Waals surface area contributed by atoms with Crippen LogP contribution in [-0.4, -0.2) is 9.78 Å². The quantitative estimate of drug-likeness (QED) is 0.728. The van der Waals surface area contributed by atoms with Crippen LogP contribution in [0.4, 0.5) is 5.69 Å². The summed E-state index contributed by atoms with van der Waals surface area (Å²) >= 11 is 9.36. The molecule has 0 bridgehead atoms. The third kappa shape index (κ3) is 1.84. The lowest BCUT2D eigenvalue weighted by Crippen LogP contribution is -1.93. The molecular formula is C11H7BrClN3. The van der Waals surface area contributed by atoms with Gasteiger partial charge in [-0.1, -0.05) is 23.7 Å². The molecule has 2 aromatic rings. The molecule has 0 amide bonds. The SMILES string of the molecule is [C-]#[N+]c1ccc(Cl)cc1-c1c(Br)cnn1C. The molecule has 0 fully saturated rings. The molecule has 0 radical (unpaired) electrons. The fourth-order valence-electron chi connectivity index (χ4n) is 1.51. The molecule has 0 aliphatic carbocycles. The highest BCUT2D eigenvalue weighted by Crippen LogP contribution is 2.36. The van der Waals surface area contributed by atoms with Gasteiger partial charge in [0, 0.05) is 17.6 Å². The molecule has 0 aliphatic rings. The molecular weight excluding hydrogens is 289 g/mol. The first-order valence-electron chi connectivity index (χ1n) is 4.48. The van der Waals surface area contributed by atoms with Gasteiger partial charge in [-0.3, -0.25) is 4.68 Å². The van der Waals surface area contributed by atoms with Gasteiger partial charge in [-0.15, -0.1) is 0 Å². The average Bonchev–Trinajstić information content (AvgIpc) is 2.58. The van der Waals surface area contributed by atoms with Crippen molar-refractivity contribution >= 4 is 33.2 Å². The van der Waals surface area contributed by atoms with Crippen molar-refractivity contribution in [1.82, 2.24) is 9.78 Å². The predicted octanol–water partition coefficient (Wildman–Crippen LogP) is 4.05. The number of hydrogen-bond acceptors (Lipinski definition) is 1. The zero-order valence-electron chi connectivity index (χ0n) is 8.41. The van der Waals surface area contributed by atoms with Gasteiger partial charge in [0.1, 0.15) is 0 Å². The number of hydrogen-bond donors (Lipinski definition) is 0. The van der Waals surface area contributed by atoms with E-state index in [0.29, 0.717) is 10.7 Å². The first kappa shape index (κ1) is 11.2. The van der Waals surface area contributed by atoms with Crippen molar-refractivity contribution in [3.05, 3.63) is 45.3 Å². The van der Waals surface area contributed by atoms with Gasteiger partial charge in [-0.05, 0) is 22.0 Å². The van der Waals surface area contributed by atoms with E-state index in [-0.39, 0.29) is 0 Å². The molecule has 0 spiro atoms. The van der Waals surface area contributed by atoms with E-state index in [1.807, 2.05) is 7.05 Å². The van der Waals surface area contributed by atoms with Gasteiger partial charge in [-0.2, -0.15) is 5.10 Å². The largest absolute Gasteiger partial charge is 0.268 e. The molecule has 5 heteroatoms. The van der Waals surface area contributed by atoms with Crippen molar-refractivity contribution in [2.45, 2.75) is 0 Å². The standard InChI is InChI=1S/C11H7BrClN3/c1-14-10-4-3-7(13)5-8(10)11-9(12)6-15-16(11)2/h3-6H,2H3. The second kappa shape index (κ2) is 4.28. The van der Waals surface area contributed by atoms with Gasteiger partial charge in [-0.25, -0.2) is 4.85 Å². The minimum absolute atomic E-state index is 0.564. The highest BCUT2D eigenvalue weighted by molar-refractivity contribution is 9.10. The Hall–Kier alpha value is -1.31. The van der Waals surface area contributed by atoms with Crippen molar-refractivity contribution in [1.29, 1.82) is 0 Å². The fourth-order valence-corrected chi connectivity index (χ4v) is 2.24. The second-order valence-corrected chi connectivity index (χ2v) is 4.53. The number of aromatic nitrogens is 2. The Kier molecular flexibility index (Phi) is 2.99. The summed E-state index contributed by atoms with van der Waals surface area (Å²) in [4.78, 5) is 3.48. The predicted molar refractivity (Wildman–Crippen MR) is 67.6 cm³/mol. The Morgan fingerprint density at radius 3 is 2.81 bits per heavy atom. The molecule has 80 valence electrons. The monoisotopic (exact) mass is 295 g/mol. The highest BCUT2D eigenvalue weighted by Gasteiger charge is 2.13. The summed E-state index contributed by atoms with van der Waals surface area (Å²) in [6.07, 6.45) is 1.70. The number of benzene rings is 1. The molecule has 1 aromatic carbocycles. The Labute approximate surface area is 107 Å². The summed E-state index contributed by atoms with van der Waals surface area (Å²) < 4.78 is 2.56. The van der Waals surface area contributed by atoms with E-state index in [4.69, 9.17) is 18.2 Å². The molecule has 0 N–H and O–H groups in total. The summed E-state index contributed by atoms with van der Waals surface area (Å²) in [6.45, 7) is 7.14. The van der Waals surface area contributed by atoms with E-state index < -0.39 is 0 Å². The Balaban J connectivity index is 2.73. The zero-order chi connectivity index (χ0) is 11.7.